The van der Waals surface area contributed by atoms with E-state index < -0.39 is 0 Å². The van der Waals surface area contributed by atoms with Crippen molar-refractivity contribution < 1.29 is 0 Å². The van der Waals surface area contributed by atoms with Crippen LogP contribution in [0, 0.1) is 0 Å². The number of thiazole rings is 1. The van der Waals surface area contributed by atoms with E-state index in [4.69, 9.17) is 28.9 Å². The van der Waals surface area contributed by atoms with Crippen LogP contribution in [0.2, 0.25) is 10.0 Å². The highest BCUT2D eigenvalue weighted by Gasteiger charge is 2.15. The fourth-order valence-electron chi connectivity index (χ4n) is 1.30. The third-order valence-electron chi connectivity index (χ3n) is 2.09. The molecule has 0 saturated heterocycles. The maximum Gasteiger partial charge on any atom is 0.0795 e. The van der Waals surface area contributed by atoms with Crippen LogP contribution in [-0.2, 0) is 0 Å². The smallest absolute Gasteiger partial charge is 0.0795 e. The molecule has 0 spiro atoms. The molecule has 2 aromatic rings. The first-order chi connectivity index (χ1) is 7.20. The second kappa shape index (κ2) is 4.49. The van der Waals surface area contributed by atoms with Crippen LogP contribution in [0.1, 0.15) is 17.3 Å². The Kier molecular flexibility index (Phi) is 3.26. The normalized spacial score (nSPS) is 12.7. The van der Waals surface area contributed by atoms with E-state index in [1.807, 2.05) is 17.5 Å². The van der Waals surface area contributed by atoms with Gasteiger partial charge >= 0.3 is 0 Å². The van der Waals surface area contributed by atoms with Gasteiger partial charge in [0.05, 0.1) is 27.3 Å². The van der Waals surface area contributed by atoms with Crippen LogP contribution in [0.3, 0.4) is 0 Å². The Bertz CT molecular complexity index is 456. The summed E-state index contributed by atoms with van der Waals surface area (Å²) in [5, 5.41) is 2.92. The molecule has 2 nitrogen and oxygen atoms in total. The molecule has 78 valence electrons. The van der Waals surface area contributed by atoms with Crippen LogP contribution >= 0.6 is 34.5 Å². The van der Waals surface area contributed by atoms with Crippen LogP contribution in [-0.4, -0.2) is 4.98 Å². The minimum Gasteiger partial charge on any atom is -0.319 e. The number of rotatable bonds is 2. The largest absolute Gasteiger partial charge is 0.319 e. The molecular formula is C10H8Cl2N2S. The van der Waals surface area contributed by atoms with Gasteiger partial charge in [-0.15, -0.1) is 11.3 Å². The average molecular weight is 259 g/mol. The van der Waals surface area contributed by atoms with Gasteiger partial charge in [-0.1, -0.05) is 35.3 Å². The van der Waals surface area contributed by atoms with Gasteiger partial charge in [0.1, 0.15) is 0 Å². The molecule has 0 aliphatic carbocycles. The Morgan fingerprint density at radius 3 is 2.80 bits per heavy atom. The minimum absolute atomic E-state index is 0.317. The van der Waals surface area contributed by atoms with Gasteiger partial charge in [0.25, 0.3) is 0 Å². The third kappa shape index (κ3) is 2.16. The van der Waals surface area contributed by atoms with Crippen molar-refractivity contribution in [1.29, 1.82) is 0 Å². The highest BCUT2D eigenvalue weighted by molar-refractivity contribution is 7.07. The van der Waals surface area contributed by atoms with E-state index in [2.05, 4.69) is 4.98 Å². The molecule has 2 N–H and O–H groups in total. The SMILES string of the molecule is NC(c1cscn1)c1cccc(Cl)c1Cl. The lowest BCUT2D eigenvalue weighted by atomic mass is 10.1. The fourth-order valence-corrected chi connectivity index (χ4v) is 2.31. The molecule has 0 amide bonds. The molecule has 1 aromatic carbocycles. The molecule has 1 aromatic heterocycles. The summed E-state index contributed by atoms with van der Waals surface area (Å²) in [5.74, 6) is 0. The van der Waals surface area contributed by atoms with Crippen LogP contribution < -0.4 is 5.73 Å². The monoisotopic (exact) mass is 258 g/mol. The van der Waals surface area contributed by atoms with E-state index in [0.717, 1.165) is 11.3 Å². The summed E-state index contributed by atoms with van der Waals surface area (Å²) in [7, 11) is 0. The van der Waals surface area contributed by atoms with Gasteiger partial charge in [-0.3, -0.25) is 0 Å². The van der Waals surface area contributed by atoms with E-state index in [0.29, 0.717) is 10.0 Å². The van der Waals surface area contributed by atoms with E-state index in [-0.39, 0.29) is 6.04 Å². The van der Waals surface area contributed by atoms with Gasteiger partial charge < -0.3 is 5.73 Å². The molecule has 15 heavy (non-hydrogen) atoms. The number of nitrogens with two attached hydrogens (primary N) is 1. The Morgan fingerprint density at radius 1 is 1.33 bits per heavy atom. The third-order valence-corrected chi connectivity index (χ3v) is 3.52. The topological polar surface area (TPSA) is 38.9 Å². The van der Waals surface area contributed by atoms with Crippen molar-refractivity contribution in [2.45, 2.75) is 6.04 Å². The standard InChI is InChI=1S/C10H8Cl2N2S/c11-7-3-1-2-6(9(7)12)10(13)8-4-15-5-14-8/h1-5,10H,13H2. The minimum atomic E-state index is -0.317. The summed E-state index contributed by atoms with van der Waals surface area (Å²) in [6.45, 7) is 0. The Labute approximate surface area is 102 Å². The van der Waals surface area contributed by atoms with Crippen molar-refractivity contribution in [2.24, 2.45) is 5.73 Å². The average Bonchev–Trinajstić information content (AvgIpc) is 2.74. The van der Waals surface area contributed by atoms with E-state index in [1.54, 1.807) is 11.6 Å². The van der Waals surface area contributed by atoms with Gasteiger partial charge in [-0.2, -0.15) is 0 Å². The molecule has 1 atom stereocenters. The van der Waals surface area contributed by atoms with Crippen LogP contribution in [0.4, 0.5) is 0 Å². The first kappa shape index (κ1) is 10.9. The molecular weight excluding hydrogens is 251 g/mol. The molecule has 0 radical (unpaired) electrons. The molecule has 1 unspecified atom stereocenters. The van der Waals surface area contributed by atoms with Crippen molar-refractivity contribution in [3.8, 4) is 0 Å². The number of hydrogen-bond donors (Lipinski definition) is 1. The zero-order valence-corrected chi connectivity index (χ0v) is 9.98. The number of halogens is 2. The molecule has 1 heterocycles. The van der Waals surface area contributed by atoms with E-state index in [1.165, 1.54) is 11.3 Å². The number of nitrogens with zero attached hydrogens (tertiary/aromatic N) is 1. The van der Waals surface area contributed by atoms with Gasteiger partial charge in [0.15, 0.2) is 0 Å². The van der Waals surface area contributed by atoms with Crippen LogP contribution in [0.5, 0.6) is 0 Å². The zero-order chi connectivity index (χ0) is 10.8. The number of aromatic nitrogens is 1. The van der Waals surface area contributed by atoms with Crippen molar-refractivity contribution in [3.05, 3.63) is 50.4 Å². The van der Waals surface area contributed by atoms with Crippen molar-refractivity contribution in [1.82, 2.24) is 4.98 Å². The molecule has 5 heteroatoms. The second-order valence-electron chi connectivity index (χ2n) is 3.03. The quantitative estimate of drug-likeness (QED) is 0.896. The first-order valence-corrected chi connectivity index (χ1v) is 5.97. The van der Waals surface area contributed by atoms with Crippen molar-refractivity contribution in [3.63, 3.8) is 0 Å². The summed E-state index contributed by atoms with van der Waals surface area (Å²) in [6, 6.07) is 5.11. The lowest BCUT2D eigenvalue weighted by Crippen LogP contribution is -2.12. The summed E-state index contributed by atoms with van der Waals surface area (Å²) in [4.78, 5) is 4.16. The second-order valence-corrected chi connectivity index (χ2v) is 4.54. The molecule has 0 aliphatic rings. The highest BCUT2D eigenvalue weighted by atomic mass is 35.5. The maximum atomic E-state index is 6.07. The summed E-state index contributed by atoms with van der Waals surface area (Å²) >= 11 is 13.5. The van der Waals surface area contributed by atoms with Crippen LogP contribution in [0.25, 0.3) is 0 Å². The summed E-state index contributed by atoms with van der Waals surface area (Å²) in [5.41, 5.74) is 9.39. The van der Waals surface area contributed by atoms with Gasteiger partial charge in [0, 0.05) is 5.38 Å². The van der Waals surface area contributed by atoms with E-state index in [9.17, 15) is 0 Å². The molecule has 0 fully saturated rings. The summed E-state index contributed by atoms with van der Waals surface area (Å²) in [6.07, 6.45) is 0. The molecule has 2 rings (SSSR count). The maximum absolute atomic E-state index is 6.07. The van der Waals surface area contributed by atoms with Crippen molar-refractivity contribution in [2.75, 3.05) is 0 Å². The van der Waals surface area contributed by atoms with Crippen LogP contribution in [0.15, 0.2) is 29.1 Å². The Balaban J connectivity index is 2.42. The lowest BCUT2D eigenvalue weighted by Gasteiger charge is -2.11. The lowest BCUT2D eigenvalue weighted by molar-refractivity contribution is 0.839. The molecule has 0 bridgehead atoms. The number of hydrogen-bond acceptors (Lipinski definition) is 3. The Hall–Kier alpha value is -0.610. The zero-order valence-electron chi connectivity index (χ0n) is 7.65. The molecule has 0 saturated carbocycles. The number of benzene rings is 1. The fraction of sp³-hybridized carbons (Fsp3) is 0.100. The molecule has 0 aliphatic heterocycles. The highest BCUT2D eigenvalue weighted by Crippen LogP contribution is 2.31. The van der Waals surface area contributed by atoms with Crippen molar-refractivity contribution >= 4 is 34.5 Å². The predicted octanol–water partition coefficient (Wildman–Crippen LogP) is 3.50. The van der Waals surface area contributed by atoms with Gasteiger partial charge in [-0.05, 0) is 11.6 Å². The van der Waals surface area contributed by atoms with Gasteiger partial charge in [0.2, 0.25) is 0 Å². The first-order valence-electron chi connectivity index (χ1n) is 4.27. The van der Waals surface area contributed by atoms with E-state index >= 15 is 0 Å². The Morgan fingerprint density at radius 2 is 2.13 bits per heavy atom. The summed E-state index contributed by atoms with van der Waals surface area (Å²) < 4.78 is 0. The van der Waals surface area contributed by atoms with Gasteiger partial charge in [-0.25, -0.2) is 4.98 Å². The predicted molar refractivity (Wildman–Crippen MR) is 64.6 cm³/mol.